The first-order valence-electron chi connectivity index (χ1n) is 6.78. The lowest BCUT2D eigenvalue weighted by atomic mass is 10.1. The Bertz CT molecular complexity index is 597. The molecule has 0 saturated heterocycles. The second-order valence-electron chi connectivity index (χ2n) is 4.95. The van der Waals surface area contributed by atoms with E-state index in [0.29, 0.717) is 18.4 Å². The van der Waals surface area contributed by atoms with E-state index in [1.807, 2.05) is 13.8 Å². The molecule has 1 unspecified atom stereocenters. The molecular formula is C14H21NO5S. The standard InChI is InChI=1S/C14H21NO5S/c1-3-11-4-5-12(14(17)18)8-13(11)21(19,20)15-9-10(2)6-7-16/h4-5,8,10,15-16H,3,6-7,9H2,1-2H3,(H,17,18). The van der Waals surface area contributed by atoms with E-state index in [2.05, 4.69) is 4.72 Å². The van der Waals surface area contributed by atoms with Crippen LogP contribution in [0.1, 0.15) is 36.2 Å². The Morgan fingerprint density at radius 3 is 2.57 bits per heavy atom. The number of sulfonamides is 1. The Hall–Kier alpha value is -1.44. The van der Waals surface area contributed by atoms with Crippen molar-refractivity contribution in [1.82, 2.24) is 4.72 Å². The molecular weight excluding hydrogens is 294 g/mol. The third-order valence-corrected chi connectivity index (χ3v) is 4.73. The van der Waals surface area contributed by atoms with Crippen LogP contribution in [0.2, 0.25) is 0 Å². The highest BCUT2D eigenvalue weighted by molar-refractivity contribution is 7.89. The van der Waals surface area contributed by atoms with Gasteiger partial charge in [-0.2, -0.15) is 0 Å². The summed E-state index contributed by atoms with van der Waals surface area (Å²) in [6, 6.07) is 4.10. The van der Waals surface area contributed by atoms with Gasteiger partial charge in [-0.05, 0) is 36.5 Å². The highest BCUT2D eigenvalue weighted by Gasteiger charge is 2.20. The van der Waals surface area contributed by atoms with Gasteiger partial charge in [0.25, 0.3) is 0 Å². The van der Waals surface area contributed by atoms with Crippen LogP contribution >= 0.6 is 0 Å². The molecule has 0 saturated carbocycles. The van der Waals surface area contributed by atoms with Crippen LogP contribution in [0, 0.1) is 5.92 Å². The van der Waals surface area contributed by atoms with E-state index < -0.39 is 16.0 Å². The molecule has 0 aliphatic rings. The molecule has 0 heterocycles. The van der Waals surface area contributed by atoms with E-state index in [1.165, 1.54) is 18.2 Å². The summed E-state index contributed by atoms with van der Waals surface area (Å²) in [5, 5.41) is 17.8. The molecule has 21 heavy (non-hydrogen) atoms. The monoisotopic (exact) mass is 315 g/mol. The molecule has 0 aromatic heterocycles. The van der Waals surface area contributed by atoms with Crippen LogP contribution in [-0.4, -0.2) is 37.8 Å². The highest BCUT2D eigenvalue weighted by atomic mass is 32.2. The number of rotatable bonds is 8. The molecule has 0 radical (unpaired) electrons. The fourth-order valence-electron chi connectivity index (χ4n) is 1.88. The number of aromatic carboxylic acids is 1. The number of aryl methyl sites for hydroxylation is 1. The fourth-order valence-corrected chi connectivity index (χ4v) is 3.38. The first kappa shape index (κ1) is 17.6. The number of benzene rings is 1. The Morgan fingerprint density at radius 2 is 2.05 bits per heavy atom. The van der Waals surface area contributed by atoms with Crippen molar-refractivity contribution in [3.8, 4) is 0 Å². The van der Waals surface area contributed by atoms with Crippen molar-refractivity contribution in [2.45, 2.75) is 31.6 Å². The van der Waals surface area contributed by atoms with Gasteiger partial charge in [0, 0.05) is 13.2 Å². The van der Waals surface area contributed by atoms with Gasteiger partial charge in [0.1, 0.15) is 0 Å². The number of aliphatic hydroxyl groups excluding tert-OH is 1. The van der Waals surface area contributed by atoms with Crippen molar-refractivity contribution in [2.75, 3.05) is 13.2 Å². The van der Waals surface area contributed by atoms with E-state index in [1.54, 1.807) is 0 Å². The minimum absolute atomic E-state index is 0.00102. The zero-order valence-corrected chi connectivity index (χ0v) is 13.0. The molecule has 0 aliphatic carbocycles. The third kappa shape index (κ3) is 4.80. The quantitative estimate of drug-likeness (QED) is 0.669. The zero-order valence-electron chi connectivity index (χ0n) is 12.2. The summed E-state index contributed by atoms with van der Waals surface area (Å²) in [5.41, 5.74) is 0.512. The number of carbonyl (C=O) groups is 1. The number of hydrogen-bond donors (Lipinski definition) is 3. The van der Waals surface area contributed by atoms with Crippen LogP contribution in [0.4, 0.5) is 0 Å². The van der Waals surface area contributed by atoms with Gasteiger partial charge in [-0.25, -0.2) is 17.9 Å². The van der Waals surface area contributed by atoms with Gasteiger partial charge in [0.05, 0.1) is 10.5 Å². The predicted molar refractivity (Wildman–Crippen MR) is 78.8 cm³/mol. The van der Waals surface area contributed by atoms with Crippen LogP contribution in [0.15, 0.2) is 23.1 Å². The molecule has 118 valence electrons. The average Bonchev–Trinajstić information content (AvgIpc) is 2.44. The van der Waals surface area contributed by atoms with E-state index in [-0.39, 0.29) is 29.5 Å². The lowest BCUT2D eigenvalue weighted by Gasteiger charge is -2.14. The summed E-state index contributed by atoms with van der Waals surface area (Å²) < 4.78 is 27.1. The Labute approximate surface area is 124 Å². The molecule has 0 fully saturated rings. The maximum Gasteiger partial charge on any atom is 0.335 e. The molecule has 0 amide bonds. The van der Waals surface area contributed by atoms with E-state index in [9.17, 15) is 13.2 Å². The minimum atomic E-state index is -3.77. The van der Waals surface area contributed by atoms with Crippen molar-refractivity contribution in [2.24, 2.45) is 5.92 Å². The number of nitrogens with one attached hydrogen (secondary N) is 1. The summed E-state index contributed by atoms with van der Waals surface area (Å²) in [6.45, 7) is 3.83. The summed E-state index contributed by atoms with van der Waals surface area (Å²) in [7, 11) is -3.77. The molecule has 6 nitrogen and oxygen atoms in total. The average molecular weight is 315 g/mol. The molecule has 1 aromatic carbocycles. The summed E-state index contributed by atoms with van der Waals surface area (Å²) in [6.07, 6.45) is 0.987. The summed E-state index contributed by atoms with van der Waals surface area (Å²) >= 11 is 0. The van der Waals surface area contributed by atoms with Gasteiger partial charge in [0.2, 0.25) is 10.0 Å². The molecule has 7 heteroatoms. The molecule has 1 aromatic rings. The van der Waals surface area contributed by atoms with Crippen molar-refractivity contribution >= 4 is 16.0 Å². The number of carboxylic acids is 1. The maximum absolute atomic E-state index is 12.3. The third-order valence-electron chi connectivity index (χ3n) is 3.23. The molecule has 0 bridgehead atoms. The van der Waals surface area contributed by atoms with Gasteiger partial charge >= 0.3 is 5.97 Å². The van der Waals surface area contributed by atoms with E-state index >= 15 is 0 Å². The summed E-state index contributed by atoms with van der Waals surface area (Å²) in [5.74, 6) is -1.17. The molecule has 1 atom stereocenters. The SMILES string of the molecule is CCc1ccc(C(=O)O)cc1S(=O)(=O)NCC(C)CCO. The smallest absolute Gasteiger partial charge is 0.335 e. The van der Waals surface area contributed by atoms with Crippen molar-refractivity contribution in [3.05, 3.63) is 29.3 Å². The lowest BCUT2D eigenvalue weighted by Crippen LogP contribution is -2.29. The van der Waals surface area contributed by atoms with Gasteiger partial charge in [-0.3, -0.25) is 0 Å². The minimum Gasteiger partial charge on any atom is -0.478 e. The maximum atomic E-state index is 12.3. The lowest BCUT2D eigenvalue weighted by molar-refractivity contribution is 0.0696. The number of aliphatic hydroxyl groups is 1. The fraction of sp³-hybridized carbons (Fsp3) is 0.500. The highest BCUT2D eigenvalue weighted by Crippen LogP contribution is 2.19. The topological polar surface area (TPSA) is 104 Å². The Balaban J connectivity index is 3.05. The van der Waals surface area contributed by atoms with Crippen molar-refractivity contribution in [1.29, 1.82) is 0 Å². The van der Waals surface area contributed by atoms with Crippen LogP contribution in [-0.2, 0) is 16.4 Å². The van der Waals surface area contributed by atoms with Gasteiger partial charge < -0.3 is 10.2 Å². The number of hydrogen-bond acceptors (Lipinski definition) is 4. The van der Waals surface area contributed by atoms with E-state index in [4.69, 9.17) is 10.2 Å². The molecule has 0 aliphatic heterocycles. The van der Waals surface area contributed by atoms with Gasteiger partial charge in [-0.15, -0.1) is 0 Å². The van der Waals surface area contributed by atoms with Crippen molar-refractivity contribution < 1.29 is 23.4 Å². The first-order chi connectivity index (χ1) is 9.81. The van der Waals surface area contributed by atoms with E-state index in [0.717, 1.165) is 0 Å². The van der Waals surface area contributed by atoms with Crippen LogP contribution in [0.5, 0.6) is 0 Å². The molecule has 0 spiro atoms. The molecule has 3 N–H and O–H groups in total. The Kier molecular flexibility index (Phi) is 6.32. The van der Waals surface area contributed by atoms with Gasteiger partial charge in [0.15, 0.2) is 0 Å². The van der Waals surface area contributed by atoms with Crippen molar-refractivity contribution in [3.63, 3.8) is 0 Å². The zero-order chi connectivity index (χ0) is 16.0. The van der Waals surface area contributed by atoms with Crippen LogP contribution < -0.4 is 4.72 Å². The predicted octanol–water partition coefficient (Wildman–Crippen LogP) is 1.24. The van der Waals surface area contributed by atoms with Crippen LogP contribution in [0.3, 0.4) is 0 Å². The van der Waals surface area contributed by atoms with Gasteiger partial charge in [-0.1, -0.05) is 19.9 Å². The largest absolute Gasteiger partial charge is 0.478 e. The normalized spacial score (nSPS) is 13.1. The summed E-state index contributed by atoms with van der Waals surface area (Å²) in [4.78, 5) is 11.0. The number of carboxylic acid groups (broad SMARTS) is 1. The second kappa shape index (κ2) is 7.53. The second-order valence-corrected chi connectivity index (χ2v) is 6.69. The Morgan fingerprint density at radius 1 is 1.38 bits per heavy atom. The van der Waals surface area contributed by atoms with Crippen LogP contribution in [0.25, 0.3) is 0 Å². The first-order valence-corrected chi connectivity index (χ1v) is 8.26. The molecule has 1 rings (SSSR count).